The number of fused-ring (bicyclic) bond motifs is 1. The van der Waals surface area contributed by atoms with Crippen LogP contribution in [0.1, 0.15) is 12.8 Å². The third-order valence-corrected chi connectivity index (χ3v) is 4.13. The van der Waals surface area contributed by atoms with Crippen LogP contribution in [0.25, 0.3) is 10.9 Å². The van der Waals surface area contributed by atoms with Crippen LogP contribution < -0.4 is 11.1 Å². The summed E-state index contributed by atoms with van der Waals surface area (Å²) in [6.45, 7) is 0.840. The number of nitrogen functional groups attached to an aromatic ring is 1. The lowest BCUT2D eigenvalue weighted by atomic mass is 9.82. The smallest absolute Gasteiger partial charge is 0.0743 e. The second-order valence-electron chi connectivity index (χ2n) is 5.12. The number of nitrogens with two attached hydrogens (primary N) is 1. The number of nitrogens with zero attached hydrogens (tertiary/aromatic N) is 1. The summed E-state index contributed by atoms with van der Waals surface area (Å²) in [6, 6.07) is 5.96. The molecule has 0 amide bonds. The van der Waals surface area contributed by atoms with E-state index in [-0.39, 0.29) is 6.10 Å². The first-order valence-electron chi connectivity index (χ1n) is 6.39. The quantitative estimate of drug-likeness (QED) is 0.813. The van der Waals surface area contributed by atoms with Crippen LogP contribution >= 0.6 is 15.9 Å². The monoisotopic (exact) mass is 321 g/mol. The predicted octanol–water partition coefficient (Wildman–Crippen LogP) is 2.76. The Bertz CT molecular complexity index is 606. The van der Waals surface area contributed by atoms with E-state index in [4.69, 9.17) is 5.73 Å². The summed E-state index contributed by atoms with van der Waals surface area (Å²) < 4.78 is 1.01. The van der Waals surface area contributed by atoms with Crippen molar-refractivity contribution in [2.45, 2.75) is 18.9 Å². The molecule has 1 aliphatic carbocycles. The van der Waals surface area contributed by atoms with E-state index in [1.54, 1.807) is 6.20 Å². The van der Waals surface area contributed by atoms with Crippen molar-refractivity contribution in [3.05, 3.63) is 28.9 Å². The highest BCUT2D eigenvalue weighted by atomic mass is 79.9. The molecule has 4 nitrogen and oxygen atoms in total. The van der Waals surface area contributed by atoms with Crippen molar-refractivity contribution < 1.29 is 5.11 Å². The first kappa shape index (κ1) is 12.7. The molecule has 2 aromatic rings. The molecule has 4 N–H and O–H groups in total. The number of hydrogen-bond acceptors (Lipinski definition) is 4. The van der Waals surface area contributed by atoms with Gasteiger partial charge in [-0.3, -0.25) is 4.98 Å². The number of anilines is 2. The molecule has 1 fully saturated rings. The number of nitrogens with one attached hydrogen (secondary N) is 1. The predicted molar refractivity (Wildman–Crippen MR) is 81.1 cm³/mol. The fraction of sp³-hybridized carbons (Fsp3) is 0.357. The molecule has 1 aromatic heterocycles. The zero-order valence-electron chi connectivity index (χ0n) is 10.4. The van der Waals surface area contributed by atoms with Gasteiger partial charge in [0.15, 0.2) is 0 Å². The summed E-state index contributed by atoms with van der Waals surface area (Å²) >= 11 is 3.47. The minimum absolute atomic E-state index is 0.118. The molecular formula is C14H16BrN3O. The van der Waals surface area contributed by atoms with Gasteiger partial charge in [-0.05, 0) is 37.0 Å². The second kappa shape index (κ2) is 4.98. The maximum atomic E-state index is 9.31. The van der Waals surface area contributed by atoms with Crippen LogP contribution in [0, 0.1) is 5.92 Å². The summed E-state index contributed by atoms with van der Waals surface area (Å²) in [7, 11) is 0. The highest BCUT2D eigenvalue weighted by Crippen LogP contribution is 2.32. The first-order chi connectivity index (χ1) is 9.13. The Labute approximate surface area is 120 Å². The van der Waals surface area contributed by atoms with E-state index in [1.807, 2.05) is 18.2 Å². The number of aromatic nitrogens is 1. The third kappa shape index (κ3) is 2.53. The zero-order valence-corrected chi connectivity index (χ0v) is 12.0. The van der Waals surface area contributed by atoms with Crippen LogP contribution in [0.2, 0.25) is 0 Å². The maximum Gasteiger partial charge on any atom is 0.0743 e. The average molecular weight is 322 g/mol. The average Bonchev–Trinajstić information content (AvgIpc) is 2.35. The van der Waals surface area contributed by atoms with Crippen molar-refractivity contribution in [2.75, 3.05) is 17.6 Å². The molecule has 0 spiro atoms. The molecule has 0 aliphatic heterocycles. The van der Waals surface area contributed by atoms with Crippen molar-refractivity contribution in [2.24, 2.45) is 5.92 Å². The molecule has 0 atom stereocenters. The lowest BCUT2D eigenvalue weighted by molar-refractivity contribution is 0.0487. The van der Waals surface area contributed by atoms with Gasteiger partial charge in [0.25, 0.3) is 0 Å². The lowest BCUT2D eigenvalue weighted by Gasteiger charge is -2.31. The Hall–Kier alpha value is -1.33. The van der Waals surface area contributed by atoms with Gasteiger partial charge in [0.05, 0.1) is 29.2 Å². The van der Waals surface area contributed by atoms with Gasteiger partial charge in [0.2, 0.25) is 0 Å². The van der Waals surface area contributed by atoms with Gasteiger partial charge in [-0.25, -0.2) is 0 Å². The standard InChI is InChI=1S/C14H16BrN3O/c15-9-1-2-13-11(5-9)14(12(16)7-17-13)18-6-8-3-10(19)4-8/h1-2,5,7-8,10,19H,3-4,6,16H2,(H,17,18). The highest BCUT2D eigenvalue weighted by Gasteiger charge is 2.26. The van der Waals surface area contributed by atoms with Crippen LogP contribution in [0.15, 0.2) is 28.9 Å². The largest absolute Gasteiger partial charge is 0.396 e. The molecule has 1 saturated carbocycles. The molecule has 0 saturated heterocycles. The molecule has 1 aliphatic rings. The summed E-state index contributed by atoms with van der Waals surface area (Å²) in [5.74, 6) is 0.532. The number of hydrogen-bond donors (Lipinski definition) is 3. The minimum Gasteiger partial charge on any atom is -0.396 e. The highest BCUT2D eigenvalue weighted by molar-refractivity contribution is 9.10. The maximum absolute atomic E-state index is 9.31. The van der Waals surface area contributed by atoms with Crippen molar-refractivity contribution in [1.29, 1.82) is 0 Å². The van der Waals surface area contributed by atoms with Crippen molar-refractivity contribution in [1.82, 2.24) is 4.98 Å². The van der Waals surface area contributed by atoms with Crippen molar-refractivity contribution in [3.63, 3.8) is 0 Å². The molecule has 0 bridgehead atoms. The molecule has 0 unspecified atom stereocenters. The normalized spacial score (nSPS) is 22.2. The number of aliphatic hydroxyl groups is 1. The summed E-state index contributed by atoms with van der Waals surface area (Å²) in [5, 5.41) is 13.7. The Balaban J connectivity index is 1.88. The van der Waals surface area contributed by atoms with E-state index in [9.17, 15) is 5.11 Å². The topological polar surface area (TPSA) is 71.2 Å². The van der Waals surface area contributed by atoms with Crippen LogP contribution in [-0.2, 0) is 0 Å². The number of pyridine rings is 1. The summed E-state index contributed by atoms with van der Waals surface area (Å²) in [4.78, 5) is 4.33. The molecule has 100 valence electrons. The van der Waals surface area contributed by atoms with Crippen LogP contribution in [0.5, 0.6) is 0 Å². The Morgan fingerprint density at radius 1 is 1.42 bits per heavy atom. The van der Waals surface area contributed by atoms with Gasteiger partial charge in [0.1, 0.15) is 0 Å². The van der Waals surface area contributed by atoms with E-state index < -0.39 is 0 Å². The second-order valence-corrected chi connectivity index (χ2v) is 6.04. The molecule has 0 radical (unpaired) electrons. The molecule has 1 aromatic carbocycles. The Kier molecular flexibility index (Phi) is 3.33. The number of aliphatic hydroxyl groups excluding tert-OH is 1. The van der Waals surface area contributed by atoms with Gasteiger partial charge >= 0.3 is 0 Å². The van der Waals surface area contributed by atoms with Crippen LogP contribution in [-0.4, -0.2) is 22.7 Å². The fourth-order valence-corrected chi connectivity index (χ4v) is 2.85. The first-order valence-corrected chi connectivity index (χ1v) is 7.18. The molecule has 5 heteroatoms. The van der Waals surface area contributed by atoms with Gasteiger partial charge in [-0.2, -0.15) is 0 Å². The molecular weight excluding hydrogens is 306 g/mol. The lowest BCUT2D eigenvalue weighted by Crippen LogP contribution is -2.33. The van der Waals surface area contributed by atoms with E-state index in [2.05, 4.69) is 26.2 Å². The number of halogens is 1. The Morgan fingerprint density at radius 3 is 2.95 bits per heavy atom. The van der Waals surface area contributed by atoms with Crippen molar-refractivity contribution in [3.8, 4) is 0 Å². The van der Waals surface area contributed by atoms with E-state index in [1.165, 1.54) is 0 Å². The van der Waals surface area contributed by atoms with Gasteiger partial charge in [-0.1, -0.05) is 15.9 Å². The molecule has 19 heavy (non-hydrogen) atoms. The minimum atomic E-state index is -0.118. The van der Waals surface area contributed by atoms with Crippen LogP contribution in [0.4, 0.5) is 11.4 Å². The van der Waals surface area contributed by atoms with Gasteiger partial charge in [-0.15, -0.1) is 0 Å². The van der Waals surface area contributed by atoms with Gasteiger partial charge in [0, 0.05) is 16.4 Å². The number of benzene rings is 1. The summed E-state index contributed by atoms with van der Waals surface area (Å²) in [5.41, 5.74) is 8.54. The summed E-state index contributed by atoms with van der Waals surface area (Å²) in [6.07, 6.45) is 3.32. The molecule has 1 heterocycles. The van der Waals surface area contributed by atoms with E-state index in [0.29, 0.717) is 11.6 Å². The number of rotatable bonds is 3. The fourth-order valence-electron chi connectivity index (χ4n) is 2.49. The van der Waals surface area contributed by atoms with E-state index in [0.717, 1.165) is 40.4 Å². The molecule has 3 rings (SSSR count). The SMILES string of the molecule is Nc1cnc2ccc(Br)cc2c1NCC1CC(O)C1. The third-order valence-electron chi connectivity index (χ3n) is 3.64. The van der Waals surface area contributed by atoms with Crippen molar-refractivity contribution >= 4 is 38.2 Å². The Morgan fingerprint density at radius 2 is 2.21 bits per heavy atom. The zero-order chi connectivity index (χ0) is 13.4. The van der Waals surface area contributed by atoms with E-state index >= 15 is 0 Å². The van der Waals surface area contributed by atoms with Gasteiger partial charge < -0.3 is 16.2 Å². The van der Waals surface area contributed by atoms with Crippen LogP contribution in [0.3, 0.4) is 0 Å².